The third-order valence-electron chi connectivity index (χ3n) is 4.62. The van der Waals surface area contributed by atoms with E-state index in [1.165, 1.54) is 25.0 Å². The largest absolute Gasteiger partial charge is 0.356 e. The van der Waals surface area contributed by atoms with E-state index in [2.05, 4.69) is 16.0 Å². The number of hydrogen-bond donors (Lipinski definition) is 3. The monoisotopic (exact) mass is 355 g/mol. The van der Waals surface area contributed by atoms with Crippen LogP contribution in [-0.4, -0.2) is 31.4 Å². The molecule has 0 aromatic heterocycles. The summed E-state index contributed by atoms with van der Waals surface area (Å²) < 4.78 is 13.3. The average Bonchev–Trinajstić information content (AvgIpc) is 2.54. The molecule has 0 aliphatic carbocycles. The van der Waals surface area contributed by atoms with Gasteiger partial charge in [0.1, 0.15) is 5.82 Å². The summed E-state index contributed by atoms with van der Waals surface area (Å²) in [5.74, 6) is -0.768. The molecule has 0 bridgehead atoms. The number of carbonyl (C=O) groups excluding carboxylic acids is 2. The summed E-state index contributed by atoms with van der Waals surface area (Å²) in [6.45, 7) is 2.69. The highest BCUT2D eigenvalue weighted by Crippen LogP contribution is 2.32. The summed E-state index contributed by atoms with van der Waals surface area (Å²) >= 11 is 0. The van der Waals surface area contributed by atoms with Crippen LogP contribution in [0.25, 0.3) is 0 Å². The fourth-order valence-corrected chi connectivity index (χ4v) is 3.36. The van der Waals surface area contributed by atoms with Crippen molar-refractivity contribution in [1.29, 1.82) is 0 Å². The highest BCUT2D eigenvalue weighted by atomic mass is 35.5. The Hall–Kier alpha value is -1.66. The molecule has 2 amide bonds. The SMILES string of the molecule is Cl.O=C1CC(C(=O)NCCC2CCCNC2)c2ccc(F)cc2N1. The molecule has 0 radical (unpaired) electrons. The highest BCUT2D eigenvalue weighted by Gasteiger charge is 2.30. The molecule has 132 valence electrons. The number of halogens is 2. The second kappa shape index (κ2) is 8.44. The lowest BCUT2D eigenvalue weighted by Crippen LogP contribution is -2.37. The molecule has 2 aliphatic rings. The minimum absolute atomic E-state index is 0. The highest BCUT2D eigenvalue weighted by molar-refractivity contribution is 6.01. The number of rotatable bonds is 4. The third kappa shape index (κ3) is 4.45. The van der Waals surface area contributed by atoms with Gasteiger partial charge in [-0.15, -0.1) is 12.4 Å². The van der Waals surface area contributed by atoms with Crippen molar-refractivity contribution in [3.05, 3.63) is 29.6 Å². The Morgan fingerprint density at radius 3 is 2.96 bits per heavy atom. The van der Waals surface area contributed by atoms with Crippen molar-refractivity contribution >= 4 is 29.9 Å². The molecule has 1 saturated heterocycles. The standard InChI is InChI=1S/C17H22FN3O2.ClH/c18-12-3-4-13-14(9-16(22)21-15(13)8-12)17(23)20-7-5-11-2-1-6-19-10-11;/h3-4,8,11,14,19H,1-2,5-7,9-10H2,(H,20,23)(H,21,22);1H. The molecule has 3 rings (SSSR count). The van der Waals surface area contributed by atoms with Gasteiger partial charge in [-0.2, -0.15) is 0 Å². The van der Waals surface area contributed by atoms with Gasteiger partial charge < -0.3 is 16.0 Å². The first-order valence-electron chi connectivity index (χ1n) is 8.21. The number of anilines is 1. The van der Waals surface area contributed by atoms with Crippen molar-refractivity contribution in [2.45, 2.75) is 31.6 Å². The van der Waals surface area contributed by atoms with Crippen LogP contribution in [0, 0.1) is 11.7 Å². The summed E-state index contributed by atoms with van der Waals surface area (Å²) in [6, 6.07) is 4.17. The molecule has 0 saturated carbocycles. The van der Waals surface area contributed by atoms with Crippen LogP contribution in [0.2, 0.25) is 0 Å². The van der Waals surface area contributed by atoms with E-state index >= 15 is 0 Å². The molecule has 0 spiro atoms. The number of benzene rings is 1. The molecule has 1 aromatic carbocycles. The van der Waals surface area contributed by atoms with Crippen LogP contribution in [0.5, 0.6) is 0 Å². The summed E-state index contributed by atoms with van der Waals surface area (Å²) in [5, 5.41) is 8.92. The fourth-order valence-electron chi connectivity index (χ4n) is 3.36. The predicted octanol–water partition coefficient (Wildman–Crippen LogP) is 2.18. The number of fused-ring (bicyclic) bond motifs is 1. The first-order chi connectivity index (χ1) is 11.1. The van der Waals surface area contributed by atoms with E-state index in [4.69, 9.17) is 0 Å². The van der Waals surface area contributed by atoms with Gasteiger partial charge in [-0.25, -0.2) is 4.39 Å². The minimum Gasteiger partial charge on any atom is -0.356 e. The molecule has 2 atom stereocenters. The quantitative estimate of drug-likeness (QED) is 0.775. The van der Waals surface area contributed by atoms with E-state index in [1.807, 2.05) is 0 Å². The second-order valence-electron chi connectivity index (χ2n) is 6.33. The van der Waals surface area contributed by atoms with Crippen LogP contribution in [0.3, 0.4) is 0 Å². The Labute approximate surface area is 147 Å². The normalized spacial score (nSPS) is 22.8. The Morgan fingerprint density at radius 1 is 1.38 bits per heavy atom. The van der Waals surface area contributed by atoms with Crippen LogP contribution in [0.4, 0.5) is 10.1 Å². The molecule has 3 N–H and O–H groups in total. The molecule has 7 heteroatoms. The zero-order valence-corrected chi connectivity index (χ0v) is 14.3. The lowest BCUT2D eigenvalue weighted by Gasteiger charge is -2.26. The van der Waals surface area contributed by atoms with Gasteiger partial charge in [0.25, 0.3) is 0 Å². The molecule has 2 unspecified atom stereocenters. The van der Waals surface area contributed by atoms with E-state index in [9.17, 15) is 14.0 Å². The van der Waals surface area contributed by atoms with Gasteiger partial charge in [-0.05, 0) is 56.0 Å². The summed E-state index contributed by atoms with van der Waals surface area (Å²) in [6.07, 6.45) is 3.42. The minimum atomic E-state index is -0.538. The number of amides is 2. The third-order valence-corrected chi connectivity index (χ3v) is 4.62. The predicted molar refractivity (Wildman–Crippen MR) is 92.9 cm³/mol. The molecule has 5 nitrogen and oxygen atoms in total. The average molecular weight is 356 g/mol. The van der Waals surface area contributed by atoms with Gasteiger partial charge in [-0.1, -0.05) is 6.07 Å². The molecule has 1 fully saturated rings. The summed E-state index contributed by atoms with van der Waals surface area (Å²) in [5.41, 5.74) is 1.08. The van der Waals surface area contributed by atoms with Crippen molar-refractivity contribution in [3.8, 4) is 0 Å². The van der Waals surface area contributed by atoms with Crippen LogP contribution in [0.15, 0.2) is 18.2 Å². The van der Waals surface area contributed by atoms with Crippen LogP contribution >= 0.6 is 12.4 Å². The molecule has 24 heavy (non-hydrogen) atoms. The Morgan fingerprint density at radius 2 is 2.21 bits per heavy atom. The maximum Gasteiger partial charge on any atom is 0.228 e. The van der Waals surface area contributed by atoms with E-state index in [-0.39, 0.29) is 30.6 Å². The number of hydrogen-bond acceptors (Lipinski definition) is 3. The zero-order chi connectivity index (χ0) is 16.2. The Balaban J connectivity index is 0.00000208. The fraction of sp³-hybridized carbons (Fsp3) is 0.529. The smallest absolute Gasteiger partial charge is 0.228 e. The van der Waals surface area contributed by atoms with Crippen LogP contribution in [0.1, 0.15) is 37.2 Å². The van der Waals surface area contributed by atoms with Crippen molar-refractivity contribution < 1.29 is 14.0 Å². The van der Waals surface area contributed by atoms with E-state index in [0.29, 0.717) is 23.7 Å². The van der Waals surface area contributed by atoms with Gasteiger partial charge in [0.2, 0.25) is 11.8 Å². The lowest BCUT2D eigenvalue weighted by atomic mass is 9.89. The molecule has 2 heterocycles. The summed E-state index contributed by atoms with van der Waals surface area (Å²) in [7, 11) is 0. The lowest BCUT2D eigenvalue weighted by molar-refractivity contribution is -0.126. The molecular weight excluding hydrogens is 333 g/mol. The second-order valence-corrected chi connectivity index (χ2v) is 6.33. The van der Waals surface area contributed by atoms with E-state index in [1.54, 1.807) is 6.07 Å². The van der Waals surface area contributed by atoms with Crippen LogP contribution < -0.4 is 16.0 Å². The van der Waals surface area contributed by atoms with Crippen molar-refractivity contribution in [3.63, 3.8) is 0 Å². The van der Waals surface area contributed by atoms with Gasteiger partial charge in [0.05, 0.1) is 5.92 Å². The van der Waals surface area contributed by atoms with Crippen LogP contribution in [-0.2, 0) is 9.59 Å². The van der Waals surface area contributed by atoms with Gasteiger partial charge in [0.15, 0.2) is 0 Å². The first kappa shape index (κ1) is 18.7. The van der Waals surface area contributed by atoms with E-state index < -0.39 is 11.7 Å². The molecule has 2 aliphatic heterocycles. The number of piperidine rings is 1. The summed E-state index contributed by atoms with van der Waals surface area (Å²) in [4.78, 5) is 24.2. The first-order valence-corrected chi connectivity index (χ1v) is 8.21. The zero-order valence-electron chi connectivity index (χ0n) is 13.4. The van der Waals surface area contributed by atoms with Crippen molar-refractivity contribution in [2.24, 2.45) is 5.92 Å². The number of carbonyl (C=O) groups is 2. The van der Waals surface area contributed by atoms with Gasteiger partial charge in [-0.3, -0.25) is 9.59 Å². The maximum absolute atomic E-state index is 13.3. The van der Waals surface area contributed by atoms with Crippen molar-refractivity contribution in [2.75, 3.05) is 25.0 Å². The number of nitrogens with one attached hydrogen (secondary N) is 3. The van der Waals surface area contributed by atoms with Gasteiger partial charge in [0, 0.05) is 18.7 Å². The Kier molecular flexibility index (Phi) is 6.57. The topological polar surface area (TPSA) is 70.2 Å². The Bertz CT molecular complexity index is 605. The maximum atomic E-state index is 13.3. The van der Waals surface area contributed by atoms with E-state index in [0.717, 1.165) is 19.5 Å². The van der Waals surface area contributed by atoms with Crippen molar-refractivity contribution in [1.82, 2.24) is 10.6 Å². The van der Waals surface area contributed by atoms with Gasteiger partial charge >= 0.3 is 0 Å². The molecular formula is C17H23ClFN3O2. The molecule has 1 aromatic rings.